The number of rotatable bonds is 7. The topological polar surface area (TPSA) is 102 Å². The molecule has 1 aliphatic carbocycles. The van der Waals surface area contributed by atoms with Gasteiger partial charge in [0, 0.05) is 13.5 Å². The molecule has 0 aromatic rings. The van der Waals surface area contributed by atoms with Gasteiger partial charge in [-0.15, -0.1) is 0 Å². The van der Waals surface area contributed by atoms with Crippen molar-refractivity contribution in [3.05, 3.63) is 0 Å². The van der Waals surface area contributed by atoms with Gasteiger partial charge in [0.1, 0.15) is 0 Å². The van der Waals surface area contributed by atoms with Gasteiger partial charge in [-0.2, -0.15) is 0 Å². The van der Waals surface area contributed by atoms with Crippen molar-refractivity contribution >= 4 is 11.9 Å². The summed E-state index contributed by atoms with van der Waals surface area (Å²) < 4.78 is 4.72. The van der Waals surface area contributed by atoms with E-state index in [1.807, 2.05) is 0 Å². The van der Waals surface area contributed by atoms with E-state index in [-0.39, 0.29) is 17.9 Å². The molecule has 0 bridgehead atoms. The first-order valence-corrected chi connectivity index (χ1v) is 5.75. The molecule has 1 fully saturated rings. The van der Waals surface area contributed by atoms with Crippen molar-refractivity contribution < 1.29 is 19.4 Å². The Morgan fingerprint density at radius 2 is 2.18 bits per heavy atom. The lowest BCUT2D eigenvalue weighted by Crippen LogP contribution is -2.44. The van der Waals surface area contributed by atoms with Gasteiger partial charge in [-0.25, -0.2) is 4.79 Å². The Bertz CT molecular complexity index is 284. The highest BCUT2D eigenvalue weighted by atomic mass is 16.5. The third-order valence-electron chi connectivity index (χ3n) is 3.43. The molecule has 0 aromatic heterocycles. The minimum atomic E-state index is -1.08. The molecule has 1 rings (SSSR count). The van der Waals surface area contributed by atoms with Gasteiger partial charge in [0.05, 0.1) is 6.54 Å². The largest absolute Gasteiger partial charge is 0.479 e. The van der Waals surface area contributed by atoms with E-state index in [1.165, 1.54) is 7.11 Å². The zero-order chi connectivity index (χ0) is 12.9. The molecule has 0 heterocycles. The van der Waals surface area contributed by atoms with Crippen LogP contribution in [0.3, 0.4) is 0 Å². The predicted octanol–water partition coefficient (Wildman–Crippen LogP) is -0.279. The maximum absolute atomic E-state index is 11.6. The molecule has 6 nitrogen and oxygen atoms in total. The van der Waals surface area contributed by atoms with Crippen LogP contribution in [0.5, 0.6) is 0 Å². The Balaban J connectivity index is 2.32. The minimum absolute atomic E-state index is 0.00861. The number of ether oxygens (including phenoxy) is 1. The molecule has 0 aliphatic heterocycles. The van der Waals surface area contributed by atoms with Gasteiger partial charge in [-0.1, -0.05) is 6.42 Å². The first kappa shape index (κ1) is 13.9. The molecule has 6 heteroatoms. The predicted molar refractivity (Wildman–Crippen MR) is 61.4 cm³/mol. The minimum Gasteiger partial charge on any atom is -0.479 e. The molecule has 1 aliphatic rings. The number of methoxy groups -OCH3 is 1. The summed E-state index contributed by atoms with van der Waals surface area (Å²) in [6, 6.07) is 0. The number of amides is 1. The normalized spacial score (nSPS) is 19.2. The van der Waals surface area contributed by atoms with Gasteiger partial charge in [0.15, 0.2) is 6.10 Å². The van der Waals surface area contributed by atoms with Crippen molar-refractivity contribution in [3.8, 4) is 0 Å². The molecule has 1 amide bonds. The van der Waals surface area contributed by atoms with Crippen LogP contribution in [0.25, 0.3) is 0 Å². The van der Waals surface area contributed by atoms with Crippen LogP contribution in [0.2, 0.25) is 0 Å². The van der Waals surface area contributed by atoms with E-state index in [9.17, 15) is 9.59 Å². The highest BCUT2D eigenvalue weighted by Gasteiger charge is 2.37. The average Bonchev–Trinajstić information content (AvgIpc) is 2.24. The summed E-state index contributed by atoms with van der Waals surface area (Å²) in [5.74, 6) is -1.23. The van der Waals surface area contributed by atoms with Gasteiger partial charge < -0.3 is 20.9 Å². The third kappa shape index (κ3) is 3.67. The Morgan fingerprint density at radius 3 is 2.53 bits per heavy atom. The number of nitrogens with one attached hydrogen (secondary N) is 1. The molecule has 1 atom stereocenters. The molecule has 4 N–H and O–H groups in total. The fourth-order valence-electron chi connectivity index (χ4n) is 2.01. The summed E-state index contributed by atoms with van der Waals surface area (Å²) in [5, 5.41) is 11.3. The van der Waals surface area contributed by atoms with Crippen LogP contribution < -0.4 is 11.1 Å². The lowest BCUT2D eigenvalue weighted by molar-refractivity contribution is -0.148. The van der Waals surface area contributed by atoms with E-state index in [4.69, 9.17) is 15.6 Å². The summed E-state index contributed by atoms with van der Waals surface area (Å²) in [7, 11) is 1.30. The molecular formula is C11H20N2O4. The lowest BCUT2D eigenvalue weighted by atomic mass is 9.66. The lowest BCUT2D eigenvalue weighted by Gasteiger charge is -2.40. The van der Waals surface area contributed by atoms with E-state index in [2.05, 4.69) is 5.32 Å². The maximum atomic E-state index is 11.6. The van der Waals surface area contributed by atoms with Gasteiger partial charge in [-0.05, 0) is 24.8 Å². The number of carbonyl (C=O) groups excluding carboxylic acids is 1. The van der Waals surface area contributed by atoms with Crippen molar-refractivity contribution in [2.45, 2.75) is 31.8 Å². The highest BCUT2D eigenvalue weighted by molar-refractivity contribution is 5.78. The maximum Gasteiger partial charge on any atom is 0.334 e. The van der Waals surface area contributed by atoms with Crippen molar-refractivity contribution in [3.63, 3.8) is 0 Å². The summed E-state index contributed by atoms with van der Waals surface area (Å²) in [6.07, 6.45) is 2.45. The number of carboxylic acids is 1. The molecular weight excluding hydrogens is 224 g/mol. The highest BCUT2D eigenvalue weighted by Crippen LogP contribution is 2.42. The monoisotopic (exact) mass is 244 g/mol. The van der Waals surface area contributed by atoms with Crippen LogP contribution in [0.15, 0.2) is 0 Å². The molecule has 98 valence electrons. The second-order valence-corrected chi connectivity index (χ2v) is 4.60. The summed E-state index contributed by atoms with van der Waals surface area (Å²) in [6.45, 7) is 0.498. The second kappa shape index (κ2) is 5.97. The van der Waals surface area contributed by atoms with E-state index in [0.717, 1.165) is 19.3 Å². The van der Waals surface area contributed by atoms with Gasteiger partial charge >= 0.3 is 5.97 Å². The van der Waals surface area contributed by atoms with Crippen LogP contribution >= 0.6 is 0 Å². The van der Waals surface area contributed by atoms with Crippen LogP contribution in [0, 0.1) is 5.41 Å². The van der Waals surface area contributed by atoms with Crippen LogP contribution in [-0.4, -0.2) is 43.3 Å². The molecule has 1 saturated carbocycles. The zero-order valence-electron chi connectivity index (χ0n) is 10.1. The standard InChI is InChI=1S/C11H20N2O4/c1-17-8(10(15)16)6-13-9(14)5-11(7-12)3-2-4-11/h8H,2-7,12H2,1H3,(H,13,14)(H,15,16). The number of aliphatic carboxylic acids is 1. The van der Waals surface area contributed by atoms with Gasteiger partial charge in [-0.3, -0.25) is 4.79 Å². The Hall–Kier alpha value is -1.14. The van der Waals surface area contributed by atoms with Crippen LogP contribution in [-0.2, 0) is 14.3 Å². The van der Waals surface area contributed by atoms with E-state index in [1.54, 1.807) is 0 Å². The fraction of sp³-hybridized carbons (Fsp3) is 0.818. The SMILES string of the molecule is COC(CNC(=O)CC1(CN)CCC1)C(=O)O. The van der Waals surface area contributed by atoms with Crippen molar-refractivity contribution in [2.24, 2.45) is 11.1 Å². The Labute approximate surface area is 101 Å². The van der Waals surface area contributed by atoms with E-state index < -0.39 is 12.1 Å². The van der Waals surface area contributed by atoms with Crippen LogP contribution in [0.4, 0.5) is 0 Å². The molecule has 0 radical (unpaired) electrons. The van der Waals surface area contributed by atoms with E-state index in [0.29, 0.717) is 13.0 Å². The summed E-state index contributed by atoms with van der Waals surface area (Å²) >= 11 is 0. The summed E-state index contributed by atoms with van der Waals surface area (Å²) in [4.78, 5) is 22.3. The fourth-order valence-corrected chi connectivity index (χ4v) is 2.01. The van der Waals surface area contributed by atoms with Crippen molar-refractivity contribution in [1.82, 2.24) is 5.32 Å². The number of nitrogens with two attached hydrogens (primary N) is 1. The zero-order valence-corrected chi connectivity index (χ0v) is 10.1. The smallest absolute Gasteiger partial charge is 0.334 e. The Morgan fingerprint density at radius 1 is 1.53 bits per heavy atom. The molecule has 0 saturated heterocycles. The summed E-state index contributed by atoms with van der Waals surface area (Å²) in [5.41, 5.74) is 5.59. The first-order valence-electron chi connectivity index (χ1n) is 5.75. The van der Waals surface area contributed by atoms with Crippen LogP contribution in [0.1, 0.15) is 25.7 Å². The molecule has 0 aromatic carbocycles. The molecule has 17 heavy (non-hydrogen) atoms. The molecule has 0 spiro atoms. The number of hydrogen-bond donors (Lipinski definition) is 3. The van der Waals surface area contributed by atoms with E-state index >= 15 is 0 Å². The van der Waals surface area contributed by atoms with Crippen molar-refractivity contribution in [1.29, 1.82) is 0 Å². The number of hydrogen-bond acceptors (Lipinski definition) is 4. The third-order valence-corrected chi connectivity index (χ3v) is 3.43. The number of carboxylic acid groups (broad SMARTS) is 1. The van der Waals surface area contributed by atoms with Crippen molar-refractivity contribution in [2.75, 3.05) is 20.2 Å². The first-order chi connectivity index (χ1) is 8.03. The number of carbonyl (C=O) groups is 2. The molecule has 1 unspecified atom stereocenters. The van der Waals surface area contributed by atoms with Gasteiger partial charge in [0.2, 0.25) is 5.91 Å². The Kier molecular flexibility index (Phi) is 4.89. The van der Waals surface area contributed by atoms with Gasteiger partial charge in [0.25, 0.3) is 0 Å². The average molecular weight is 244 g/mol. The quantitative estimate of drug-likeness (QED) is 0.571. The second-order valence-electron chi connectivity index (χ2n) is 4.60.